The van der Waals surface area contributed by atoms with Gasteiger partial charge in [0.05, 0.1) is 21.7 Å². The number of β-amino-alcohol motifs (C(OH)–C–C–N with tert-alkyl or cyclic N) is 1. The van der Waals surface area contributed by atoms with E-state index < -0.39 is 23.2 Å². The molecule has 0 bridgehead atoms. The number of halogens is 3. The lowest BCUT2D eigenvalue weighted by molar-refractivity contribution is -0.137. The number of aliphatic hydroxyl groups is 1. The van der Waals surface area contributed by atoms with Gasteiger partial charge in [0.15, 0.2) is 5.01 Å². The van der Waals surface area contributed by atoms with Crippen LogP contribution in [0.25, 0.3) is 10.4 Å². The van der Waals surface area contributed by atoms with Gasteiger partial charge in [-0.1, -0.05) is 20.8 Å². The zero-order valence-electron chi connectivity index (χ0n) is 22.6. The van der Waals surface area contributed by atoms with Gasteiger partial charge >= 0.3 is 6.18 Å². The summed E-state index contributed by atoms with van der Waals surface area (Å²) in [6.45, 7) is 12.8. The van der Waals surface area contributed by atoms with Gasteiger partial charge in [0, 0.05) is 36.8 Å². The number of imide groups is 1. The average Bonchev–Trinajstić information content (AvgIpc) is 3.23. The normalized spacial score (nSPS) is 19.3. The number of likely N-dealkylation sites (tertiary alicyclic amines) is 1. The van der Waals surface area contributed by atoms with Crippen molar-refractivity contribution < 1.29 is 27.9 Å². The van der Waals surface area contributed by atoms with Crippen LogP contribution in [-0.2, 0) is 11.0 Å². The first kappa shape index (κ1) is 30.0. The van der Waals surface area contributed by atoms with Crippen LogP contribution in [0.5, 0.6) is 0 Å². The highest BCUT2D eigenvalue weighted by Gasteiger charge is 2.38. The average molecular weight is 556 g/mol. The van der Waals surface area contributed by atoms with Crippen molar-refractivity contribution in [1.82, 2.24) is 20.2 Å². The first-order valence-corrected chi connectivity index (χ1v) is 13.3. The number of carbonyl (C=O) groups is 2. The van der Waals surface area contributed by atoms with Crippen molar-refractivity contribution in [1.29, 1.82) is 0 Å². The first-order valence-electron chi connectivity index (χ1n) is 12.5. The maximum Gasteiger partial charge on any atom is 0.417 e. The van der Waals surface area contributed by atoms with Crippen molar-refractivity contribution >= 4 is 29.5 Å². The summed E-state index contributed by atoms with van der Waals surface area (Å²) in [5.41, 5.74) is -1.68. The Morgan fingerprint density at radius 3 is 2.50 bits per heavy atom. The highest BCUT2D eigenvalue weighted by Crippen LogP contribution is 2.45. The zero-order chi connectivity index (χ0) is 28.5. The number of piperidine rings is 1. The Morgan fingerprint density at radius 1 is 1.26 bits per heavy atom. The molecule has 1 unspecified atom stereocenters. The molecule has 1 aliphatic rings. The van der Waals surface area contributed by atoms with Crippen LogP contribution in [0.4, 0.5) is 19.0 Å². The van der Waals surface area contributed by atoms with Gasteiger partial charge in [0.25, 0.3) is 5.91 Å². The second-order valence-electron chi connectivity index (χ2n) is 11.7. The van der Waals surface area contributed by atoms with Crippen LogP contribution >= 0.6 is 11.3 Å². The van der Waals surface area contributed by atoms with E-state index in [4.69, 9.17) is 0 Å². The molecule has 3 rings (SSSR count). The molecule has 2 amide bonds. The molecule has 0 aromatic carbocycles. The van der Waals surface area contributed by atoms with E-state index in [1.54, 1.807) is 13.8 Å². The predicted molar refractivity (Wildman–Crippen MR) is 141 cm³/mol. The summed E-state index contributed by atoms with van der Waals surface area (Å²) in [6.07, 6.45) is -2.10. The van der Waals surface area contributed by atoms with Crippen molar-refractivity contribution in [2.75, 3.05) is 25.0 Å². The molecule has 0 spiro atoms. The van der Waals surface area contributed by atoms with E-state index in [1.165, 1.54) is 6.20 Å². The van der Waals surface area contributed by atoms with Gasteiger partial charge in [-0.3, -0.25) is 19.8 Å². The number of carbonyl (C=O) groups excluding carboxylic acids is 2. The van der Waals surface area contributed by atoms with Crippen LogP contribution in [-0.4, -0.2) is 63.6 Å². The lowest BCUT2D eigenvalue weighted by Crippen LogP contribution is -2.47. The Balaban J connectivity index is 2.05. The summed E-state index contributed by atoms with van der Waals surface area (Å²) in [6, 6.07) is 1.02. The van der Waals surface area contributed by atoms with Crippen LogP contribution in [0.1, 0.15) is 81.4 Å². The van der Waals surface area contributed by atoms with E-state index >= 15 is 0 Å². The largest absolute Gasteiger partial charge is 0.417 e. The number of thiazole rings is 1. The van der Waals surface area contributed by atoms with Gasteiger partial charge in [0.2, 0.25) is 6.41 Å². The zero-order valence-corrected chi connectivity index (χ0v) is 23.4. The van der Waals surface area contributed by atoms with E-state index in [2.05, 4.69) is 20.2 Å². The molecule has 0 saturated carbocycles. The minimum absolute atomic E-state index is 0.0335. The highest BCUT2D eigenvalue weighted by molar-refractivity contribution is 7.17. The fraction of sp³-hybridized carbons (Fsp3) is 0.615. The lowest BCUT2D eigenvalue weighted by Gasteiger charge is -2.40. The summed E-state index contributed by atoms with van der Waals surface area (Å²) in [7, 11) is 0. The maximum absolute atomic E-state index is 14.3. The number of amides is 2. The second-order valence-corrected chi connectivity index (χ2v) is 12.7. The summed E-state index contributed by atoms with van der Waals surface area (Å²) in [5, 5.41) is 15.2. The fourth-order valence-corrected chi connectivity index (χ4v) is 5.62. The number of nitrogens with zero attached hydrogens (tertiary/aromatic N) is 3. The van der Waals surface area contributed by atoms with Crippen molar-refractivity contribution in [2.45, 2.75) is 78.1 Å². The molecular weight excluding hydrogens is 519 g/mol. The number of rotatable bonds is 8. The van der Waals surface area contributed by atoms with Crippen LogP contribution < -0.4 is 10.6 Å². The lowest BCUT2D eigenvalue weighted by atomic mass is 9.86. The van der Waals surface area contributed by atoms with E-state index in [1.807, 2.05) is 33.0 Å². The van der Waals surface area contributed by atoms with Gasteiger partial charge in [-0.15, -0.1) is 11.3 Å². The molecule has 2 aromatic heterocycles. The molecule has 12 heteroatoms. The second kappa shape index (κ2) is 11.3. The molecule has 2 atom stereocenters. The third-order valence-electron chi connectivity index (χ3n) is 6.28. The van der Waals surface area contributed by atoms with E-state index in [0.717, 1.165) is 17.4 Å². The summed E-state index contributed by atoms with van der Waals surface area (Å²) in [5.74, 6) is -0.878. The molecule has 1 aliphatic heterocycles. The third kappa shape index (κ3) is 7.73. The maximum atomic E-state index is 14.3. The Labute approximate surface area is 225 Å². The van der Waals surface area contributed by atoms with Crippen molar-refractivity contribution in [3.8, 4) is 10.4 Å². The van der Waals surface area contributed by atoms with E-state index in [0.29, 0.717) is 38.2 Å². The topological polar surface area (TPSA) is 107 Å². The summed E-state index contributed by atoms with van der Waals surface area (Å²) in [4.78, 5) is 34.3. The molecular formula is C26H36F3N5O3S. The number of hydrogen-bond acceptors (Lipinski definition) is 8. The minimum Gasteiger partial charge on any atom is -0.389 e. The number of pyridine rings is 1. The van der Waals surface area contributed by atoms with Crippen LogP contribution in [0.3, 0.4) is 0 Å². The highest BCUT2D eigenvalue weighted by atomic mass is 32.1. The number of anilines is 1. The molecule has 1 saturated heterocycles. The van der Waals surface area contributed by atoms with E-state index in [9.17, 15) is 27.9 Å². The van der Waals surface area contributed by atoms with Gasteiger partial charge in [-0.25, -0.2) is 9.97 Å². The van der Waals surface area contributed by atoms with Gasteiger partial charge in [0.1, 0.15) is 5.82 Å². The summed E-state index contributed by atoms with van der Waals surface area (Å²) < 4.78 is 42.9. The smallest absolute Gasteiger partial charge is 0.389 e. The van der Waals surface area contributed by atoms with Crippen molar-refractivity contribution in [3.05, 3.63) is 28.5 Å². The molecule has 210 valence electrons. The number of nitrogens with one attached hydrogen (secondary N) is 2. The van der Waals surface area contributed by atoms with Crippen molar-refractivity contribution in [3.63, 3.8) is 0 Å². The van der Waals surface area contributed by atoms with Gasteiger partial charge in [-0.2, -0.15) is 13.2 Å². The molecule has 3 N–H and O–H groups in total. The molecule has 0 radical (unpaired) electrons. The van der Waals surface area contributed by atoms with Crippen LogP contribution in [0, 0.1) is 5.41 Å². The summed E-state index contributed by atoms with van der Waals surface area (Å²) >= 11 is 0.824. The Morgan fingerprint density at radius 2 is 1.95 bits per heavy atom. The minimum atomic E-state index is -4.67. The number of aromatic nitrogens is 2. The predicted octanol–water partition coefficient (Wildman–Crippen LogP) is 4.91. The van der Waals surface area contributed by atoms with Gasteiger partial charge in [-0.05, 0) is 51.6 Å². The quantitative estimate of drug-likeness (QED) is 0.398. The molecule has 3 heterocycles. The van der Waals surface area contributed by atoms with Crippen LogP contribution in [0.2, 0.25) is 0 Å². The van der Waals surface area contributed by atoms with Crippen LogP contribution in [0.15, 0.2) is 12.3 Å². The molecule has 0 aliphatic carbocycles. The fourth-order valence-electron chi connectivity index (χ4n) is 4.54. The monoisotopic (exact) mass is 555 g/mol. The molecule has 2 aromatic rings. The van der Waals surface area contributed by atoms with Crippen molar-refractivity contribution in [2.24, 2.45) is 5.41 Å². The standard InChI is InChI=1S/C26H36F3N5O3S/c1-15-9-16(7-8-34(15)13-25(5,6)37)20-21(38-23(33-20)22(36)32-14-35)17-11-30-19(31-12-24(2,3)4)10-18(17)26(27,28)29/h10-11,14-16,37H,7-9,12-13H2,1-6H3,(H,30,31)(H,32,35,36)/t15-,16?/m0/s1. The molecule has 1 fully saturated rings. The Bertz CT molecular complexity index is 1150. The number of hydrogen-bond donors (Lipinski definition) is 3. The SMILES string of the molecule is C[C@H]1CC(c2nc(C(=O)NC=O)sc2-c2cnc(NCC(C)(C)C)cc2C(F)(F)F)CCN1CC(C)(C)O. The van der Waals surface area contributed by atoms with Gasteiger partial charge < -0.3 is 10.4 Å². The number of alkyl halides is 3. The van der Waals surface area contributed by atoms with E-state index in [-0.39, 0.29) is 45.1 Å². The Hall–Kier alpha value is -2.57. The first-order chi connectivity index (χ1) is 17.5. The Kier molecular flexibility index (Phi) is 8.89. The third-order valence-corrected chi connectivity index (χ3v) is 7.39. The molecule has 8 nitrogen and oxygen atoms in total. The molecule has 38 heavy (non-hydrogen) atoms.